The molecule has 0 bridgehead atoms. The normalized spacial score (nSPS) is 12.6. The largest absolute Gasteiger partial charge is 0.312 e. The third-order valence-electron chi connectivity index (χ3n) is 3.62. The average molecular weight is 336 g/mol. The zero-order valence-corrected chi connectivity index (χ0v) is 13.9. The Morgan fingerprint density at radius 3 is 2.85 bits per heavy atom. The first-order valence-corrected chi connectivity index (χ1v) is 7.89. The van der Waals surface area contributed by atoms with Crippen molar-refractivity contribution in [3.63, 3.8) is 0 Å². The quantitative estimate of drug-likeness (QED) is 0.868. The Balaban J connectivity index is 2.11. The molecule has 0 fully saturated rings. The van der Waals surface area contributed by atoms with E-state index in [1.54, 1.807) is 0 Å². The second kappa shape index (κ2) is 7.04. The van der Waals surface area contributed by atoms with Crippen LogP contribution in [0.4, 0.5) is 0 Å². The Morgan fingerprint density at radius 1 is 1.40 bits per heavy atom. The van der Waals surface area contributed by atoms with Gasteiger partial charge in [0.15, 0.2) is 0 Å². The van der Waals surface area contributed by atoms with Gasteiger partial charge in [-0.1, -0.05) is 29.8 Å². The van der Waals surface area contributed by atoms with E-state index in [4.69, 9.17) is 0 Å². The van der Waals surface area contributed by atoms with Gasteiger partial charge in [0, 0.05) is 6.54 Å². The zero-order chi connectivity index (χ0) is 14.5. The minimum atomic E-state index is 0.312. The van der Waals surface area contributed by atoms with Crippen LogP contribution in [0.25, 0.3) is 0 Å². The predicted molar refractivity (Wildman–Crippen MR) is 86.9 cm³/mol. The Morgan fingerprint density at radius 2 is 2.20 bits per heavy atom. The summed E-state index contributed by atoms with van der Waals surface area (Å²) in [5.74, 6) is 0. The number of benzene rings is 1. The van der Waals surface area contributed by atoms with Crippen molar-refractivity contribution >= 4 is 15.9 Å². The number of rotatable bonds is 6. The van der Waals surface area contributed by atoms with Crippen molar-refractivity contribution in [1.82, 2.24) is 15.1 Å². The van der Waals surface area contributed by atoms with Gasteiger partial charge in [-0.15, -0.1) is 0 Å². The van der Waals surface area contributed by atoms with Crippen molar-refractivity contribution in [2.75, 3.05) is 7.05 Å². The summed E-state index contributed by atoms with van der Waals surface area (Å²) in [7, 11) is 2.01. The van der Waals surface area contributed by atoms with E-state index in [9.17, 15) is 0 Å². The maximum atomic E-state index is 4.40. The fourth-order valence-electron chi connectivity index (χ4n) is 2.57. The van der Waals surface area contributed by atoms with Crippen LogP contribution in [0.5, 0.6) is 0 Å². The summed E-state index contributed by atoms with van der Waals surface area (Å²) >= 11 is 3.61. The van der Waals surface area contributed by atoms with Crippen LogP contribution in [0.2, 0.25) is 0 Å². The highest BCUT2D eigenvalue weighted by Crippen LogP contribution is 2.26. The number of hydrogen-bond donors (Lipinski definition) is 1. The van der Waals surface area contributed by atoms with Crippen LogP contribution in [0.3, 0.4) is 0 Å². The molecule has 0 aliphatic carbocycles. The molecule has 1 N–H and O–H groups in total. The van der Waals surface area contributed by atoms with Gasteiger partial charge in [0.1, 0.15) is 0 Å². The van der Waals surface area contributed by atoms with Crippen LogP contribution in [-0.4, -0.2) is 16.8 Å². The molecule has 0 aliphatic rings. The highest BCUT2D eigenvalue weighted by molar-refractivity contribution is 9.10. The molecule has 1 aromatic heterocycles. The van der Waals surface area contributed by atoms with E-state index in [2.05, 4.69) is 69.1 Å². The highest BCUT2D eigenvalue weighted by atomic mass is 79.9. The molecule has 3 nitrogen and oxygen atoms in total. The standard InChI is InChI=1S/C16H22BrN3/c1-4-20-16(14(17)11-19-20)15(18-3)9-8-13-7-5-6-12(2)10-13/h5-7,10-11,15,18H,4,8-9H2,1-3H3. The lowest BCUT2D eigenvalue weighted by molar-refractivity contribution is 0.487. The summed E-state index contributed by atoms with van der Waals surface area (Å²) in [4.78, 5) is 0. The summed E-state index contributed by atoms with van der Waals surface area (Å²) in [6.07, 6.45) is 4.01. The van der Waals surface area contributed by atoms with Gasteiger partial charge >= 0.3 is 0 Å². The first-order chi connectivity index (χ1) is 9.65. The van der Waals surface area contributed by atoms with Gasteiger partial charge in [0.05, 0.1) is 22.4 Å². The monoisotopic (exact) mass is 335 g/mol. The molecule has 1 heterocycles. The number of aromatic nitrogens is 2. The Bertz CT molecular complexity index is 563. The van der Waals surface area contributed by atoms with E-state index in [0.717, 1.165) is 23.9 Å². The molecular weight excluding hydrogens is 314 g/mol. The van der Waals surface area contributed by atoms with Gasteiger partial charge in [-0.25, -0.2) is 0 Å². The van der Waals surface area contributed by atoms with E-state index >= 15 is 0 Å². The summed E-state index contributed by atoms with van der Waals surface area (Å²) < 4.78 is 3.14. The number of nitrogens with one attached hydrogen (secondary N) is 1. The lowest BCUT2D eigenvalue weighted by atomic mass is 10.0. The van der Waals surface area contributed by atoms with Crippen LogP contribution < -0.4 is 5.32 Å². The number of aryl methyl sites for hydroxylation is 3. The van der Waals surface area contributed by atoms with Crippen molar-refractivity contribution < 1.29 is 0 Å². The Kier molecular flexibility index (Phi) is 5.38. The van der Waals surface area contributed by atoms with Crippen LogP contribution in [0.15, 0.2) is 34.9 Å². The molecule has 1 atom stereocenters. The van der Waals surface area contributed by atoms with Gasteiger partial charge in [-0.05, 0) is 55.2 Å². The molecule has 0 radical (unpaired) electrons. The van der Waals surface area contributed by atoms with E-state index in [1.165, 1.54) is 16.8 Å². The molecule has 0 spiro atoms. The van der Waals surface area contributed by atoms with Gasteiger partial charge in [-0.2, -0.15) is 5.10 Å². The average Bonchev–Trinajstić information content (AvgIpc) is 2.81. The van der Waals surface area contributed by atoms with E-state index in [1.807, 2.05) is 13.2 Å². The SMILES string of the molecule is CCn1ncc(Br)c1C(CCc1cccc(C)c1)NC. The van der Waals surface area contributed by atoms with E-state index in [-0.39, 0.29) is 0 Å². The van der Waals surface area contributed by atoms with Crippen molar-refractivity contribution in [1.29, 1.82) is 0 Å². The highest BCUT2D eigenvalue weighted by Gasteiger charge is 2.17. The first-order valence-electron chi connectivity index (χ1n) is 7.09. The van der Waals surface area contributed by atoms with Crippen LogP contribution in [0, 0.1) is 6.92 Å². The molecule has 0 saturated carbocycles. The second-order valence-electron chi connectivity index (χ2n) is 5.06. The molecular formula is C16H22BrN3. The third-order valence-corrected chi connectivity index (χ3v) is 4.23. The van der Waals surface area contributed by atoms with Gasteiger partial charge in [0.2, 0.25) is 0 Å². The topological polar surface area (TPSA) is 29.9 Å². The van der Waals surface area contributed by atoms with Gasteiger partial charge < -0.3 is 5.32 Å². The Labute approximate surface area is 129 Å². The smallest absolute Gasteiger partial charge is 0.0695 e. The molecule has 0 saturated heterocycles. The predicted octanol–water partition coefficient (Wildman–Crippen LogP) is 3.87. The Hall–Kier alpha value is -1.13. The molecule has 1 aromatic carbocycles. The number of nitrogens with zero attached hydrogens (tertiary/aromatic N) is 2. The second-order valence-corrected chi connectivity index (χ2v) is 5.92. The van der Waals surface area contributed by atoms with E-state index < -0.39 is 0 Å². The lowest BCUT2D eigenvalue weighted by Crippen LogP contribution is -2.21. The number of hydrogen-bond acceptors (Lipinski definition) is 2. The maximum absolute atomic E-state index is 4.40. The van der Waals surface area contributed by atoms with Crippen molar-refractivity contribution in [3.8, 4) is 0 Å². The van der Waals surface area contributed by atoms with Crippen molar-refractivity contribution in [3.05, 3.63) is 51.8 Å². The number of halogens is 1. The molecule has 1 unspecified atom stereocenters. The minimum Gasteiger partial charge on any atom is -0.312 e. The lowest BCUT2D eigenvalue weighted by Gasteiger charge is -2.18. The fourth-order valence-corrected chi connectivity index (χ4v) is 3.14. The fraction of sp³-hybridized carbons (Fsp3) is 0.438. The van der Waals surface area contributed by atoms with Crippen LogP contribution in [0.1, 0.15) is 36.2 Å². The van der Waals surface area contributed by atoms with E-state index in [0.29, 0.717) is 6.04 Å². The van der Waals surface area contributed by atoms with Crippen molar-refractivity contribution in [2.24, 2.45) is 0 Å². The summed E-state index contributed by atoms with van der Waals surface area (Å²) in [5.41, 5.74) is 3.95. The molecule has 0 amide bonds. The summed E-state index contributed by atoms with van der Waals surface area (Å²) in [5, 5.41) is 7.82. The zero-order valence-electron chi connectivity index (χ0n) is 12.4. The van der Waals surface area contributed by atoms with Crippen LogP contribution in [-0.2, 0) is 13.0 Å². The van der Waals surface area contributed by atoms with Crippen LogP contribution >= 0.6 is 15.9 Å². The third kappa shape index (κ3) is 3.49. The molecule has 2 aromatic rings. The summed E-state index contributed by atoms with van der Waals surface area (Å²) in [6.45, 7) is 5.15. The molecule has 4 heteroatoms. The maximum Gasteiger partial charge on any atom is 0.0695 e. The first kappa shape index (κ1) is 15.3. The molecule has 0 aliphatic heterocycles. The minimum absolute atomic E-state index is 0.312. The molecule has 2 rings (SSSR count). The molecule has 20 heavy (non-hydrogen) atoms. The van der Waals surface area contributed by atoms with Gasteiger partial charge in [0.25, 0.3) is 0 Å². The molecule has 108 valence electrons. The van der Waals surface area contributed by atoms with Gasteiger partial charge in [-0.3, -0.25) is 4.68 Å². The summed E-state index contributed by atoms with van der Waals surface area (Å²) in [6, 6.07) is 9.05. The van der Waals surface area contributed by atoms with Crippen molar-refractivity contribution in [2.45, 2.75) is 39.3 Å².